The first-order chi connectivity index (χ1) is 9.91. The Kier molecular flexibility index (Phi) is 4.57. The van der Waals surface area contributed by atoms with Gasteiger partial charge in [-0.15, -0.1) is 0 Å². The lowest BCUT2D eigenvalue weighted by Crippen LogP contribution is -2.68. The predicted octanol–water partition coefficient (Wildman–Crippen LogP) is 2.75. The lowest BCUT2D eigenvalue weighted by molar-refractivity contribution is -0.155. The summed E-state index contributed by atoms with van der Waals surface area (Å²) < 4.78 is 0. The molecule has 2 rings (SSSR count). The smallest absolute Gasteiger partial charge is 0.249 e. The van der Waals surface area contributed by atoms with Crippen LogP contribution in [0.2, 0.25) is 5.02 Å². The highest BCUT2D eigenvalue weighted by molar-refractivity contribution is 6.30. The first kappa shape index (κ1) is 15.8. The van der Waals surface area contributed by atoms with Crippen LogP contribution in [-0.2, 0) is 16.1 Å². The quantitative estimate of drug-likeness (QED) is 0.930. The second-order valence-corrected chi connectivity index (χ2v) is 6.10. The van der Waals surface area contributed by atoms with E-state index in [0.717, 1.165) is 5.56 Å². The Morgan fingerprint density at radius 1 is 1.33 bits per heavy atom. The summed E-state index contributed by atoms with van der Waals surface area (Å²) in [5, 5.41) is 3.50. The second kappa shape index (κ2) is 6.06. The lowest BCUT2D eigenvalue weighted by atomic mass is 9.91. The van der Waals surface area contributed by atoms with E-state index < -0.39 is 11.6 Å². The van der Waals surface area contributed by atoms with Gasteiger partial charge in [0.05, 0.1) is 0 Å². The molecule has 0 saturated carbocycles. The van der Waals surface area contributed by atoms with Crippen LogP contribution in [-0.4, -0.2) is 28.3 Å². The van der Waals surface area contributed by atoms with E-state index in [1.807, 2.05) is 32.0 Å². The fourth-order valence-corrected chi connectivity index (χ4v) is 2.88. The molecule has 1 aromatic rings. The van der Waals surface area contributed by atoms with Gasteiger partial charge in [0.2, 0.25) is 11.8 Å². The van der Waals surface area contributed by atoms with Gasteiger partial charge < -0.3 is 10.2 Å². The number of carbonyl (C=O) groups excluding carboxylic acids is 2. The molecule has 2 unspecified atom stereocenters. The number of nitrogens with zero attached hydrogens (tertiary/aromatic N) is 1. The minimum Gasteiger partial charge on any atom is -0.340 e. The SMILES string of the molecule is CCC1C(=O)NC(C)(CC)C(=O)N1Cc1cccc(Cl)c1. The Balaban J connectivity index is 2.32. The molecule has 2 amide bonds. The minimum absolute atomic E-state index is 0.0311. The number of halogens is 1. The van der Waals surface area contributed by atoms with Crippen molar-refractivity contribution in [1.29, 1.82) is 0 Å². The molecule has 2 atom stereocenters. The maximum atomic E-state index is 12.8. The monoisotopic (exact) mass is 308 g/mol. The molecule has 1 heterocycles. The Hall–Kier alpha value is -1.55. The van der Waals surface area contributed by atoms with Crippen molar-refractivity contribution in [2.24, 2.45) is 0 Å². The fourth-order valence-electron chi connectivity index (χ4n) is 2.67. The Bertz CT molecular complexity index is 561. The van der Waals surface area contributed by atoms with Crippen LogP contribution in [0.4, 0.5) is 0 Å². The van der Waals surface area contributed by atoms with Crippen molar-refractivity contribution in [3.05, 3.63) is 34.9 Å². The van der Waals surface area contributed by atoms with Gasteiger partial charge in [0.1, 0.15) is 11.6 Å². The highest BCUT2D eigenvalue weighted by Crippen LogP contribution is 2.25. The van der Waals surface area contributed by atoms with E-state index in [0.29, 0.717) is 24.4 Å². The van der Waals surface area contributed by atoms with Gasteiger partial charge in [0, 0.05) is 11.6 Å². The van der Waals surface area contributed by atoms with Crippen LogP contribution in [0.25, 0.3) is 0 Å². The molecule has 5 heteroatoms. The number of rotatable bonds is 4. The summed E-state index contributed by atoms with van der Waals surface area (Å²) in [5.74, 6) is -0.111. The van der Waals surface area contributed by atoms with E-state index in [1.54, 1.807) is 17.9 Å². The molecule has 21 heavy (non-hydrogen) atoms. The van der Waals surface area contributed by atoms with Gasteiger partial charge in [-0.3, -0.25) is 9.59 Å². The molecular formula is C16H21ClN2O2. The zero-order chi connectivity index (χ0) is 15.6. The number of carbonyl (C=O) groups is 2. The summed E-state index contributed by atoms with van der Waals surface area (Å²) >= 11 is 6.00. The van der Waals surface area contributed by atoms with E-state index in [1.165, 1.54) is 0 Å². The maximum Gasteiger partial charge on any atom is 0.249 e. The first-order valence-electron chi connectivity index (χ1n) is 7.28. The third kappa shape index (κ3) is 3.05. The average molecular weight is 309 g/mol. The zero-order valence-corrected chi connectivity index (χ0v) is 13.4. The van der Waals surface area contributed by atoms with Gasteiger partial charge >= 0.3 is 0 Å². The number of piperazine rings is 1. The molecule has 4 nitrogen and oxygen atoms in total. The van der Waals surface area contributed by atoms with Crippen molar-refractivity contribution in [2.75, 3.05) is 0 Å². The van der Waals surface area contributed by atoms with E-state index in [2.05, 4.69) is 5.32 Å². The molecule has 0 radical (unpaired) electrons. The fraction of sp³-hybridized carbons (Fsp3) is 0.500. The number of hydrogen-bond acceptors (Lipinski definition) is 2. The van der Waals surface area contributed by atoms with Crippen LogP contribution in [0.3, 0.4) is 0 Å². The van der Waals surface area contributed by atoms with Crippen molar-refractivity contribution in [1.82, 2.24) is 10.2 Å². The van der Waals surface area contributed by atoms with Crippen LogP contribution in [0, 0.1) is 0 Å². The van der Waals surface area contributed by atoms with Gasteiger partial charge in [-0.2, -0.15) is 0 Å². The molecule has 0 spiro atoms. The molecule has 0 bridgehead atoms. The van der Waals surface area contributed by atoms with Gasteiger partial charge in [0.25, 0.3) is 0 Å². The molecule has 1 saturated heterocycles. The van der Waals surface area contributed by atoms with Crippen LogP contribution in [0.5, 0.6) is 0 Å². The van der Waals surface area contributed by atoms with Crippen molar-refractivity contribution < 1.29 is 9.59 Å². The maximum absolute atomic E-state index is 12.8. The van der Waals surface area contributed by atoms with Crippen molar-refractivity contribution >= 4 is 23.4 Å². The van der Waals surface area contributed by atoms with E-state index in [-0.39, 0.29) is 11.8 Å². The summed E-state index contributed by atoms with van der Waals surface area (Å²) in [4.78, 5) is 26.7. The molecule has 1 N–H and O–H groups in total. The summed E-state index contributed by atoms with van der Waals surface area (Å²) in [6.45, 7) is 6.00. The second-order valence-electron chi connectivity index (χ2n) is 5.66. The lowest BCUT2D eigenvalue weighted by Gasteiger charge is -2.44. The summed E-state index contributed by atoms with van der Waals surface area (Å²) in [6, 6.07) is 6.98. The van der Waals surface area contributed by atoms with Crippen molar-refractivity contribution in [3.8, 4) is 0 Å². The standard InChI is InChI=1S/C16H21ClN2O2/c1-4-13-14(20)18-16(3,5-2)15(21)19(13)10-11-7-6-8-12(17)9-11/h6-9,13H,4-5,10H2,1-3H3,(H,18,20). The van der Waals surface area contributed by atoms with Crippen molar-refractivity contribution in [2.45, 2.75) is 51.7 Å². The van der Waals surface area contributed by atoms with E-state index >= 15 is 0 Å². The predicted molar refractivity (Wildman–Crippen MR) is 82.9 cm³/mol. The average Bonchev–Trinajstić information content (AvgIpc) is 2.45. The number of benzene rings is 1. The Labute approximate surface area is 130 Å². The largest absolute Gasteiger partial charge is 0.340 e. The number of amides is 2. The molecule has 1 fully saturated rings. The van der Waals surface area contributed by atoms with E-state index in [9.17, 15) is 9.59 Å². The van der Waals surface area contributed by atoms with Crippen molar-refractivity contribution in [3.63, 3.8) is 0 Å². The van der Waals surface area contributed by atoms with Crippen LogP contribution >= 0.6 is 11.6 Å². The highest BCUT2D eigenvalue weighted by Gasteiger charge is 2.46. The molecule has 1 aliphatic heterocycles. The zero-order valence-electron chi connectivity index (χ0n) is 12.6. The Morgan fingerprint density at radius 3 is 2.62 bits per heavy atom. The molecule has 1 aromatic carbocycles. The molecular weight excluding hydrogens is 288 g/mol. The minimum atomic E-state index is -0.818. The normalized spacial score (nSPS) is 25.9. The summed E-state index contributed by atoms with van der Waals surface area (Å²) in [7, 11) is 0. The molecule has 1 aliphatic rings. The third-order valence-electron chi connectivity index (χ3n) is 4.15. The Morgan fingerprint density at radius 2 is 2.05 bits per heavy atom. The first-order valence-corrected chi connectivity index (χ1v) is 7.66. The number of nitrogens with one attached hydrogen (secondary N) is 1. The number of hydrogen-bond donors (Lipinski definition) is 1. The van der Waals surface area contributed by atoms with E-state index in [4.69, 9.17) is 11.6 Å². The summed E-state index contributed by atoms with van der Waals surface area (Å²) in [5.41, 5.74) is 0.115. The molecule has 114 valence electrons. The van der Waals surface area contributed by atoms with Gasteiger partial charge in [0.15, 0.2) is 0 Å². The van der Waals surface area contributed by atoms with Crippen LogP contribution in [0.1, 0.15) is 39.2 Å². The van der Waals surface area contributed by atoms with Gasteiger partial charge in [-0.1, -0.05) is 37.6 Å². The topological polar surface area (TPSA) is 49.4 Å². The molecule has 0 aromatic heterocycles. The van der Waals surface area contributed by atoms with Gasteiger partial charge in [-0.05, 0) is 37.5 Å². The highest BCUT2D eigenvalue weighted by atomic mass is 35.5. The van der Waals surface area contributed by atoms with Crippen LogP contribution < -0.4 is 5.32 Å². The molecule has 0 aliphatic carbocycles. The van der Waals surface area contributed by atoms with Gasteiger partial charge in [-0.25, -0.2) is 0 Å². The van der Waals surface area contributed by atoms with Crippen LogP contribution in [0.15, 0.2) is 24.3 Å². The summed E-state index contributed by atoms with van der Waals surface area (Å²) in [6.07, 6.45) is 1.16. The third-order valence-corrected chi connectivity index (χ3v) is 4.38.